The molecule has 0 unspecified atom stereocenters. The van der Waals surface area contributed by atoms with Crippen molar-refractivity contribution in [3.63, 3.8) is 0 Å². The van der Waals surface area contributed by atoms with Crippen molar-refractivity contribution in [1.29, 1.82) is 0 Å². The fourth-order valence-electron chi connectivity index (χ4n) is 2.65. The van der Waals surface area contributed by atoms with Crippen molar-refractivity contribution in [3.05, 3.63) is 18.2 Å². The number of hydrogen-bond acceptors (Lipinski definition) is 2. The predicted molar refractivity (Wildman–Crippen MR) is 56.7 cm³/mol. The summed E-state index contributed by atoms with van der Waals surface area (Å²) in [5.41, 5.74) is 6.52. The third kappa shape index (κ3) is 1.69. The SMILES string of the molecule is CC1(C)CCC[C@@](N)(c2ncc[nH]2)C1. The molecule has 0 amide bonds. The summed E-state index contributed by atoms with van der Waals surface area (Å²) in [5, 5.41) is 0. The average Bonchev–Trinajstić information content (AvgIpc) is 2.52. The Labute approximate surface area is 85.1 Å². The van der Waals surface area contributed by atoms with Gasteiger partial charge < -0.3 is 10.7 Å². The van der Waals surface area contributed by atoms with Crippen molar-refractivity contribution in [2.75, 3.05) is 0 Å². The lowest BCUT2D eigenvalue weighted by molar-refractivity contribution is 0.145. The van der Waals surface area contributed by atoms with Crippen LogP contribution in [0.5, 0.6) is 0 Å². The lowest BCUT2D eigenvalue weighted by atomic mass is 9.68. The summed E-state index contributed by atoms with van der Waals surface area (Å²) in [4.78, 5) is 7.45. The Morgan fingerprint density at radius 1 is 1.43 bits per heavy atom. The van der Waals surface area contributed by atoms with Gasteiger partial charge in [-0.1, -0.05) is 20.3 Å². The normalized spacial score (nSPS) is 31.6. The highest BCUT2D eigenvalue weighted by atomic mass is 15.0. The zero-order chi connectivity index (χ0) is 10.2. The van der Waals surface area contributed by atoms with Crippen molar-refractivity contribution >= 4 is 0 Å². The van der Waals surface area contributed by atoms with Gasteiger partial charge in [-0.2, -0.15) is 0 Å². The second kappa shape index (κ2) is 3.09. The first-order chi connectivity index (χ1) is 6.52. The van der Waals surface area contributed by atoms with Gasteiger partial charge in [0.15, 0.2) is 0 Å². The molecule has 1 saturated carbocycles. The third-order valence-electron chi connectivity index (χ3n) is 3.24. The molecule has 78 valence electrons. The Kier molecular flexibility index (Phi) is 2.14. The van der Waals surface area contributed by atoms with Gasteiger partial charge in [0.25, 0.3) is 0 Å². The second-order valence-electron chi connectivity index (χ2n) is 5.29. The minimum atomic E-state index is -0.231. The van der Waals surface area contributed by atoms with E-state index in [0.717, 1.165) is 18.7 Å². The van der Waals surface area contributed by atoms with Crippen LogP contribution in [-0.4, -0.2) is 9.97 Å². The molecule has 0 aliphatic heterocycles. The molecule has 0 aromatic carbocycles. The fourth-order valence-corrected chi connectivity index (χ4v) is 2.65. The van der Waals surface area contributed by atoms with E-state index in [-0.39, 0.29) is 5.54 Å². The number of nitrogens with one attached hydrogen (secondary N) is 1. The molecule has 1 fully saturated rings. The quantitative estimate of drug-likeness (QED) is 0.718. The minimum Gasteiger partial charge on any atom is -0.347 e. The molecule has 3 heteroatoms. The zero-order valence-electron chi connectivity index (χ0n) is 9.01. The molecule has 1 aromatic heterocycles. The van der Waals surface area contributed by atoms with E-state index in [9.17, 15) is 0 Å². The number of nitrogens with zero attached hydrogens (tertiary/aromatic N) is 1. The summed E-state index contributed by atoms with van der Waals surface area (Å²) < 4.78 is 0. The van der Waals surface area contributed by atoms with Gasteiger partial charge in [-0.3, -0.25) is 0 Å². The van der Waals surface area contributed by atoms with Gasteiger partial charge in [-0.15, -0.1) is 0 Å². The number of nitrogens with two attached hydrogens (primary N) is 1. The van der Waals surface area contributed by atoms with Gasteiger partial charge in [0, 0.05) is 12.4 Å². The zero-order valence-corrected chi connectivity index (χ0v) is 9.01. The Morgan fingerprint density at radius 2 is 2.21 bits per heavy atom. The van der Waals surface area contributed by atoms with Gasteiger partial charge in [0.1, 0.15) is 5.82 Å². The van der Waals surface area contributed by atoms with E-state index in [0.29, 0.717) is 5.41 Å². The van der Waals surface area contributed by atoms with Gasteiger partial charge in [0.2, 0.25) is 0 Å². The third-order valence-corrected chi connectivity index (χ3v) is 3.24. The summed E-state index contributed by atoms with van der Waals surface area (Å²) in [6.07, 6.45) is 8.17. The highest BCUT2D eigenvalue weighted by molar-refractivity contribution is 5.08. The first kappa shape index (κ1) is 9.71. The molecule has 1 heterocycles. The maximum absolute atomic E-state index is 6.41. The van der Waals surface area contributed by atoms with Crippen LogP contribution in [0.2, 0.25) is 0 Å². The number of H-pyrrole nitrogens is 1. The number of aromatic nitrogens is 2. The molecule has 1 aliphatic rings. The van der Waals surface area contributed by atoms with Crippen LogP contribution in [0.4, 0.5) is 0 Å². The summed E-state index contributed by atoms with van der Waals surface area (Å²) in [6.45, 7) is 4.58. The maximum atomic E-state index is 6.41. The molecule has 0 bridgehead atoms. The van der Waals surface area contributed by atoms with Gasteiger partial charge >= 0.3 is 0 Å². The first-order valence-electron chi connectivity index (χ1n) is 5.31. The summed E-state index contributed by atoms with van der Waals surface area (Å²) in [5.74, 6) is 0.949. The molecular formula is C11H19N3. The monoisotopic (exact) mass is 193 g/mol. The van der Waals surface area contributed by atoms with Crippen molar-refractivity contribution in [2.45, 2.75) is 45.1 Å². The highest BCUT2D eigenvalue weighted by Gasteiger charge is 2.39. The Bertz CT molecular complexity index is 302. The van der Waals surface area contributed by atoms with Crippen LogP contribution in [0.25, 0.3) is 0 Å². The second-order valence-corrected chi connectivity index (χ2v) is 5.29. The molecule has 1 aliphatic carbocycles. The first-order valence-corrected chi connectivity index (χ1v) is 5.31. The topological polar surface area (TPSA) is 54.7 Å². The minimum absolute atomic E-state index is 0.231. The summed E-state index contributed by atoms with van der Waals surface area (Å²) in [6, 6.07) is 0. The van der Waals surface area contributed by atoms with Crippen LogP contribution in [0.15, 0.2) is 12.4 Å². The largest absolute Gasteiger partial charge is 0.347 e. The lowest BCUT2D eigenvalue weighted by Crippen LogP contribution is -2.45. The highest BCUT2D eigenvalue weighted by Crippen LogP contribution is 2.43. The van der Waals surface area contributed by atoms with Gasteiger partial charge in [0.05, 0.1) is 5.54 Å². The van der Waals surface area contributed by atoms with E-state index in [1.807, 2.05) is 6.20 Å². The van der Waals surface area contributed by atoms with Gasteiger partial charge in [-0.05, 0) is 24.7 Å². The smallest absolute Gasteiger partial charge is 0.126 e. The summed E-state index contributed by atoms with van der Waals surface area (Å²) >= 11 is 0. The van der Waals surface area contributed by atoms with Crippen molar-refractivity contribution in [3.8, 4) is 0 Å². The Balaban J connectivity index is 2.24. The molecule has 0 spiro atoms. The van der Waals surface area contributed by atoms with Crippen LogP contribution in [0.1, 0.15) is 45.4 Å². The maximum Gasteiger partial charge on any atom is 0.126 e. The van der Waals surface area contributed by atoms with Crippen molar-refractivity contribution < 1.29 is 0 Å². The van der Waals surface area contributed by atoms with Gasteiger partial charge in [-0.25, -0.2) is 4.98 Å². The van der Waals surface area contributed by atoms with Crippen molar-refractivity contribution in [1.82, 2.24) is 9.97 Å². The Hall–Kier alpha value is -0.830. The van der Waals surface area contributed by atoms with E-state index < -0.39 is 0 Å². The lowest BCUT2D eigenvalue weighted by Gasteiger charge is -2.41. The fraction of sp³-hybridized carbons (Fsp3) is 0.727. The van der Waals surface area contributed by atoms with E-state index in [4.69, 9.17) is 5.73 Å². The molecule has 3 nitrogen and oxygen atoms in total. The standard InChI is InChI=1S/C11H19N3/c1-10(2)4-3-5-11(12,8-10)9-13-6-7-14-9/h6-7H,3-5,8,12H2,1-2H3,(H,13,14)/t11-/m0/s1. The van der Waals surface area contributed by atoms with E-state index in [2.05, 4.69) is 23.8 Å². The van der Waals surface area contributed by atoms with Crippen LogP contribution in [0.3, 0.4) is 0 Å². The molecule has 3 N–H and O–H groups in total. The molecular weight excluding hydrogens is 174 g/mol. The number of hydrogen-bond donors (Lipinski definition) is 2. The van der Waals surface area contributed by atoms with Crippen LogP contribution < -0.4 is 5.73 Å². The average molecular weight is 193 g/mol. The molecule has 0 saturated heterocycles. The number of rotatable bonds is 1. The van der Waals surface area contributed by atoms with Crippen LogP contribution in [-0.2, 0) is 5.54 Å². The molecule has 1 aromatic rings. The molecule has 14 heavy (non-hydrogen) atoms. The molecule has 0 radical (unpaired) electrons. The number of aromatic amines is 1. The van der Waals surface area contributed by atoms with E-state index in [1.165, 1.54) is 12.8 Å². The van der Waals surface area contributed by atoms with Crippen LogP contribution in [0, 0.1) is 5.41 Å². The Morgan fingerprint density at radius 3 is 2.79 bits per heavy atom. The summed E-state index contributed by atoms with van der Waals surface area (Å²) in [7, 11) is 0. The predicted octanol–water partition coefficient (Wildman–Crippen LogP) is 2.16. The van der Waals surface area contributed by atoms with E-state index >= 15 is 0 Å². The molecule has 1 atom stereocenters. The van der Waals surface area contributed by atoms with Crippen LogP contribution >= 0.6 is 0 Å². The van der Waals surface area contributed by atoms with Crippen molar-refractivity contribution in [2.24, 2.45) is 11.1 Å². The number of imidazole rings is 1. The van der Waals surface area contributed by atoms with E-state index in [1.54, 1.807) is 6.20 Å². The molecule has 2 rings (SSSR count).